The maximum Gasteiger partial charge on any atom is 0.254 e. The molecule has 25 heavy (non-hydrogen) atoms. The van der Waals surface area contributed by atoms with Crippen LogP contribution in [0.2, 0.25) is 0 Å². The fourth-order valence-electron chi connectivity index (χ4n) is 3.10. The van der Waals surface area contributed by atoms with Gasteiger partial charge in [0.25, 0.3) is 5.91 Å². The third kappa shape index (κ3) is 3.36. The number of rotatable bonds is 3. The molecule has 1 saturated heterocycles. The number of piperazine rings is 1. The van der Waals surface area contributed by atoms with Crippen LogP contribution in [0.4, 0.5) is 5.69 Å². The molecular weight excluding hydrogens is 316 g/mol. The van der Waals surface area contributed by atoms with Crippen molar-refractivity contribution < 1.29 is 14.3 Å². The molecule has 5 nitrogen and oxygen atoms in total. The van der Waals surface area contributed by atoms with Crippen LogP contribution in [0.15, 0.2) is 48.5 Å². The first kappa shape index (κ1) is 17.0. The smallest absolute Gasteiger partial charge is 0.254 e. The van der Waals surface area contributed by atoms with Gasteiger partial charge in [-0.25, -0.2) is 0 Å². The van der Waals surface area contributed by atoms with E-state index in [1.807, 2.05) is 31.2 Å². The number of methoxy groups -OCH3 is 1. The van der Waals surface area contributed by atoms with Crippen LogP contribution in [0, 0.1) is 6.92 Å². The summed E-state index contributed by atoms with van der Waals surface area (Å²) < 4.78 is 5.12. The number of aryl methyl sites for hydroxylation is 1. The van der Waals surface area contributed by atoms with Crippen LogP contribution in [0.25, 0.3) is 0 Å². The van der Waals surface area contributed by atoms with Crippen molar-refractivity contribution in [1.82, 2.24) is 4.90 Å². The number of amides is 2. The monoisotopic (exact) mass is 338 g/mol. The molecule has 0 aliphatic carbocycles. The average Bonchev–Trinajstić information content (AvgIpc) is 2.63. The van der Waals surface area contributed by atoms with Gasteiger partial charge in [-0.1, -0.05) is 12.1 Å². The molecule has 5 heteroatoms. The Kier molecular flexibility index (Phi) is 4.74. The highest BCUT2D eigenvalue weighted by molar-refractivity contribution is 6.03. The summed E-state index contributed by atoms with van der Waals surface area (Å²) in [6.45, 7) is 4.78. The lowest BCUT2D eigenvalue weighted by Gasteiger charge is -2.39. The van der Waals surface area contributed by atoms with Crippen molar-refractivity contribution in [2.45, 2.75) is 19.9 Å². The van der Waals surface area contributed by atoms with E-state index in [0.29, 0.717) is 24.4 Å². The molecule has 0 unspecified atom stereocenters. The molecule has 1 atom stereocenters. The van der Waals surface area contributed by atoms with E-state index in [2.05, 4.69) is 0 Å². The van der Waals surface area contributed by atoms with Gasteiger partial charge >= 0.3 is 0 Å². The predicted octanol–water partition coefficient (Wildman–Crippen LogP) is 2.88. The standard InChI is InChI=1S/C20H22N2O3/c1-14-5-4-6-17(13-14)22-12-11-21(15(2)19(22)23)20(24)16-7-9-18(25-3)10-8-16/h4-10,13,15H,11-12H2,1-3H3/t15-/m0/s1. The summed E-state index contributed by atoms with van der Waals surface area (Å²) >= 11 is 0. The van der Waals surface area contributed by atoms with Gasteiger partial charge in [-0.15, -0.1) is 0 Å². The molecular formula is C20H22N2O3. The van der Waals surface area contributed by atoms with Crippen molar-refractivity contribution in [3.63, 3.8) is 0 Å². The van der Waals surface area contributed by atoms with Gasteiger partial charge in [0.05, 0.1) is 7.11 Å². The Morgan fingerprint density at radius 2 is 1.84 bits per heavy atom. The lowest BCUT2D eigenvalue weighted by atomic mass is 10.1. The highest BCUT2D eigenvalue weighted by Gasteiger charge is 2.35. The van der Waals surface area contributed by atoms with Gasteiger partial charge in [0.1, 0.15) is 11.8 Å². The average molecular weight is 338 g/mol. The maximum absolute atomic E-state index is 12.8. The summed E-state index contributed by atoms with van der Waals surface area (Å²) in [6.07, 6.45) is 0. The van der Waals surface area contributed by atoms with Crippen LogP contribution in [0.3, 0.4) is 0 Å². The summed E-state index contributed by atoms with van der Waals surface area (Å²) in [7, 11) is 1.59. The lowest BCUT2D eigenvalue weighted by molar-refractivity contribution is -0.124. The predicted molar refractivity (Wildman–Crippen MR) is 97.0 cm³/mol. The van der Waals surface area contributed by atoms with Crippen LogP contribution in [0.1, 0.15) is 22.8 Å². The number of nitrogens with zero attached hydrogens (tertiary/aromatic N) is 2. The molecule has 0 aromatic heterocycles. The van der Waals surface area contributed by atoms with Crippen molar-refractivity contribution >= 4 is 17.5 Å². The van der Waals surface area contributed by atoms with Crippen molar-refractivity contribution in [3.8, 4) is 5.75 Å². The second kappa shape index (κ2) is 6.97. The Balaban J connectivity index is 1.77. The molecule has 1 aliphatic rings. The van der Waals surface area contributed by atoms with E-state index >= 15 is 0 Å². The number of carbonyl (C=O) groups excluding carboxylic acids is 2. The van der Waals surface area contributed by atoms with E-state index in [1.54, 1.807) is 48.1 Å². The molecule has 2 aromatic carbocycles. The molecule has 2 aromatic rings. The van der Waals surface area contributed by atoms with Crippen LogP contribution < -0.4 is 9.64 Å². The first-order valence-corrected chi connectivity index (χ1v) is 8.34. The van der Waals surface area contributed by atoms with Crippen molar-refractivity contribution in [2.75, 3.05) is 25.1 Å². The first-order valence-electron chi connectivity index (χ1n) is 8.34. The van der Waals surface area contributed by atoms with E-state index < -0.39 is 6.04 Å². The summed E-state index contributed by atoms with van der Waals surface area (Å²) in [5, 5.41) is 0. The molecule has 130 valence electrons. The minimum Gasteiger partial charge on any atom is -0.497 e. The quantitative estimate of drug-likeness (QED) is 0.865. The van der Waals surface area contributed by atoms with Gasteiger partial charge in [0, 0.05) is 24.3 Å². The zero-order valence-corrected chi connectivity index (χ0v) is 14.7. The van der Waals surface area contributed by atoms with Gasteiger partial charge in [0.15, 0.2) is 0 Å². The second-order valence-corrected chi connectivity index (χ2v) is 6.23. The Labute approximate surface area is 147 Å². The SMILES string of the molecule is COc1ccc(C(=O)N2CCN(c3cccc(C)c3)C(=O)[C@@H]2C)cc1. The number of carbonyl (C=O) groups is 2. The molecule has 1 fully saturated rings. The van der Waals surface area contributed by atoms with E-state index in [0.717, 1.165) is 11.3 Å². The Morgan fingerprint density at radius 1 is 1.12 bits per heavy atom. The zero-order valence-electron chi connectivity index (χ0n) is 14.7. The molecule has 0 spiro atoms. The maximum atomic E-state index is 12.8. The Hall–Kier alpha value is -2.82. The molecule has 0 bridgehead atoms. The third-order valence-corrected chi connectivity index (χ3v) is 4.57. The third-order valence-electron chi connectivity index (χ3n) is 4.57. The number of hydrogen-bond donors (Lipinski definition) is 0. The molecule has 0 N–H and O–H groups in total. The molecule has 3 rings (SSSR count). The first-order chi connectivity index (χ1) is 12.0. The van der Waals surface area contributed by atoms with Gasteiger partial charge in [-0.05, 0) is 55.8 Å². The van der Waals surface area contributed by atoms with Crippen LogP contribution in [-0.4, -0.2) is 43.0 Å². The summed E-state index contributed by atoms with van der Waals surface area (Å²) in [4.78, 5) is 29.0. The normalized spacial score (nSPS) is 17.6. The zero-order chi connectivity index (χ0) is 18.0. The Bertz CT molecular complexity index is 786. The largest absolute Gasteiger partial charge is 0.497 e. The summed E-state index contributed by atoms with van der Waals surface area (Å²) in [5.74, 6) is 0.510. The number of ether oxygens (including phenoxy) is 1. The van der Waals surface area contributed by atoms with Crippen LogP contribution in [-0.2, 0) is 4.79 Å². The van der Waals surface area contributed by atoms with Gasteiger partial charge < -0.3 is 14.5 Å². The lowest BCUT2D eigenvalue weighted by Crippen LogP contribution is -2.57. The van der Waals surface area contributed by atoms with Crippen molar-refractivity contribution in [2.24, 2.45) is 0 Å². The minimum absolute atomic E-state index is 0.0567. The van der Waals surface area contributed by atoms with E-state index in [-0.39, 0.29) is 11.8 Å². The van der Waals surface area contributed by atoms with Gasteiger partial charge in [-0.2, -0.15) is 0 Å². The van der Waals surface area contributed by atoms with Gasteiger partial charge in [-0.3, -0.25) is 9.59 Å². The number of benzene rings is 2. The molecule has 2 amide bonds. The number of hydrogen-bond acceptors (Lipinski definition) is 3. The number of anilines is 1. The summed E-state index contributed by atoms with van der Waals surface area (Å²) in [5.41, 5.74) is 2.55. The van der Waals surface area contributed by atoms with Gasteiger partial charge in [0.2, 0.25) is 5.91 Å². The Morgan fingerprint density at radius 3 is 2.48 bits per heavy atom. The van der Waals surface area contributed by atoms with Crippen molar-refractivity contribution in [1.29, 1.82) is 0 Å². The highest BCUT2D eigenvalue weighted by Crippen LogP contribution is 2.23. The minimum atomic E-state index is -0.496. The fraction of sp³-hybridized carbons (Fsp3) is 0.300. The molecule has 0 radical (unpaired) electrons. The van der Waals surface area contributed by atoms with Crippen LogP contribution in [0.5, 0.6) is 5.75 Å². The van der Waals surface area contributed by atoms with Crippen molar-refractivity contribution in [3.05, 3.63) is 59.7 Å². The molecule has 0 saturated carbocycles. The fourth-order valence-corrected chi connectivity index (χ4v) is 3.10. The molecule has 1 heterocycles. The molecule has 1 aliphatic heterocycles. The topological polar surface area (TPSA) is 49.9 Å². The highest BCUT2D eigenvalue weighted by atomic mass is 16.5. The second-order valence-electron chi connectivity index (χ2n) is 6.23. The van der Waals surface area contributed by atoms with Crippen LogP contribution >= 0.6 is 0 Å². The van der Waals surface area contributed by atoms with E-state index in [4.69, 9.17) is 4.74 Å². The van der Waals surface area contributed by atoms with E-state index in [9.17, 15) is 9.59 Å². The van der Waals surface area contributed by atoms with E-state index in [1.165, 1.54) is 0 Å². The summed E-state index contributed by atoms with van der Waals surface area (Å²) in [6, 6.07) is 14.3.